The van der Waals surface area contributed by atoms with Gasteiger partial charge in [0.2, 0.25) is 5.82 Å². The highest BCUT2D eigenvalue weighted by atomic mass is 127. The normalized spacial score (nSPS) is 10.5. The van der Waals surface area contributed by atoms with Crippen LogP contribution in [0.1, 0.15) is 0 Å². The van der Waals surface area contributed by atoms with Crippen molar-refractivity contribution in [2.75, 3.05) is 6.61 Å². The van der Waals surface area contributed by atoms with Gasteiger partial charge in [-0.2, -0.15) is 4.98 Å². The summed E-state index contributed by atoms with van der Waals surface area (Å²) in [5.41, 5.74) is 6.72. The Kier molecular flexibility index (Phi) is 4.56. The number of aromatic nitrogens is 2. The fourth-order valence-electron chi connectivity index (χ4n) is 1.94. The number of nitrogens with two attached hydrogens (primary N) is 1. The molecule has 1 aromatic heterocycles. The van der Waals surface area contributed by atoms with Gasteiger partial charge in [-0.1, -0.05) is 17.3 Å². The van der Waals surface area contributed by atoms with Gasteiger partial charge in [-0.15, -0.1) is 0 Å². The van der Waals surface area contributed by atoms with Crippen LogP contribution in [0.15, 0.2) is 53.1 Å². The molecule has 0 saturated carbocycles. The van der Waals surface area contributed by atoms with E-state index in [2.05, 4.69) is 32.7 Å². The molecule has 7 heteroatoms. The van der Waals surface area contributed by atoms with Gasteiger partial charge in [0.25, 0.3) is 11.8 Å². The first kappa shape index (κ1) is 15.5. The Morgan fingerprint density at radius 2 is 1.91 bits per heavy atom. The molecule has 2 aromatic carbocycles. The molecule has 0 fully saturated rings. The highest BCUT2D eigenvalue weighted by Gasteiger charge is 2.12. The van der Waals surface area contributed by atoms with Crippen molar-refractivity contribution in [1.29, 1.82) is 0 Å². The van der Waals surface area contributed by atoms with E-state index in [-0.39, 0.29) is 6.61 Å². The first-order chi connectivity index (χ1) is 11.1. The van der Waals surface area contributed by atoms with Crippen LogP contribution < -0.4 is 10.5 Å². The third kappa shape index (κ3) is 3.67. The Bertz CT molecular complexity index is 831. The number of halogens is 1. The van der Waals surface area contributed by atoms with Gasteiger partial charge in [-0.05, 0) is 59.0 Å². The Morgan fingerprint density at radius 3 is 2.61 bits per heavy atom. The zero-order valence-electron chi connectivity index (χ0n) is 11.9. The number of carbonyl (C=O) groups excluding carboxylic acids is 1. The van der Waals surface area contributed by atoms with Gasteiger partial charge in [-0.3, -0.25) is 4.79 Å². The largest absolute Gasteiger partial charge is 0.484 e. The van der Waals surface area contributed by atoms with E-state index >= 15 is 0 Å². The smallest absolute Gasteiger partial charge is 0.259 e. The van der Waals surface area contributed by atoms with Crippen molar-refractivity contribution in [3.63, 3.8) is 0 Å². The van der Waals surface area contributed by atoms with E-state index in [1.54, 1.807) is 24.3 Å². The zero-order chi connectivity index (χ0) is 16.2. The molecule has 116 valence electrons. The van der Waals surface area contributed by atoms with Gasteiger partial charge in [0.05, 0.1) is 5.56 Å². The van der Waals surface area contributed by atoms with Crippen LogP contribution in [0.3, 0.4) is 0 Å². The average molecular weight is 421 g/mol. The molecule has 0 unspecified atom stereocenters. The third-order valence-corrected chi connectivity index (χ3v) is 3.96. The minimum absolute atomic E-state index is 0.155. The molecule has 6 nitrogen and oxygen atoms in total. The van der Waals surface area contributed by atoms with Crippen molar-refractivity contribution in [2.24, 2.45) is 5.73 Å². The molecule has 0 aliphatic heterocycles. The summed E-state index contributed by atoms with van der Waals surface area (Å²) in [6.07, 6.45) is 0. The third-order valence-electron chi connectivity index (χ3n) is 3.02. The second-order valence-electron chi connectivity index (χ2n) is 4.68. The summed E-state index contributed by atoms with van der Waals surface area (Å²) in [7, 11) is 0. The van der Waals surface area contributed by atoms with Crippen molar-refractivity contribution in [3.8, 4) is 28.6 Å². The number of carbonyl (C=O) groups is 1. The van der Waals surface area contributed by atoms with Crippen LogP contribution in [0.5, 0.6) is 5.75 Å². The lowest BCUT2D eigenvalue weighted by molar-refractivity contribution is -0.119. The molecule has 0 radical (unpaired) electrons. The van der Waals surface area contributed by atoms with Crippen molar-refractivity contribution >= 4 is 28.5 Å². The highest BCUT2D eigenvalue weighted by Crippen LogP contribution is 2.26. The molecule has 2 N–H and O–H groups in total. The Morgan fingerprint density at radius 1 is 1.17 bits per heavy atom. The molecular weight excluding hydrogens is 409 g/mol. The maximum Gasteiger partial charge on any atom is 0.259 e. The number of rotatable bonds is 5. The minimum Gasteiger partial charge on any atom is -0.484 e. The van der Waals surface area contributed by atoms with Crippen LogP contribution in [-0.4, -0.2) is 22.7 Å². The van der Waals surface area contributed by atoms with Gasteiger partial charge in [0.15, 0.2) is 6.61 Å². The summed E-state index contributed by atoms with van der Waals surface area (Å²) in [4.78, 5) is 15.1. The SMILES string of the molecule is NC(=O)COc1ccc(-c2noc(-c3ccccc3I)n2)cc1. The van der Waals surface area contributed by atoms with Crippen molar-refractivity contribution in [3.05, 3.63) is 52.1 Å². The topological polar surface area (TPSA) is 91.2 Å². The summed E-state index contributed by atoms with van der Waals surface area (Å²) in [5, 5.41) is 4.00. The molecule has 0 atom stereocenters. The number of benzene rings is 2. The van der Waals surface area contributed by atoms with E-state index in [1.807, 2.05) is 24.3 Å². The maximum absolute atomic E-state index is 10.7. The number of amides is 1. The molecule has 1 amide bonds. The van der Waals surface area contributed by atoms with Crippen LogP contribution in [0.2, 0.25) is 0 Å². The molecule has 23 heavy (non-hydrogen) atoms. The van der Waals surface area contributed by atoms with E-state index in [0.29, 0.717) is 17.5 Å². The summed E-state index contributed by atoms with van der Waals surface area (Å²) in [5.74, 6) is 0.989. The number of ether oxygens (including phenoxy) is 1. The van der Waals surface area contributed by atoms with E-state index in [9.17, 15) is 4.79 Å². The monoisotopic (exact) mass is 421 g/mol. The van der Waals surface area contributed by atoms with Gasteiger partial charge in [-0.25, -0.2) is 0 Å². The fraction of sp³-hybridized carbons (Fsp3) is 0.0625. The van der Waals surface area contributed by atoms with Gasteiger partial charge < -0.3 is 15.0 Å². The molecule has 0 saturated heterocycles. The van der Waals surface area contributed by atoms with Crippen LogP contribution in [-0.2, 0) is 4.79 Å². The van der Waals surface area contributed by atoms with Crippen molar-refractivity contribution < 1.29 is 14.1 Å². The molecule has 3 rings (SSSR count). The molecule has 1 heterocycles. The molecule has 0 spiro atoms. The quantitative estimate of drug-likeness (QED) is 0.640. The standard InChI is InChI=1S/C16H12IN3O3/c17-13-4-2-1-3-12(13)16-19-15(20-23-16)10-5-7-11(8-6-10)22-9-14(18)21/h1-8H,9H2,(H2,18,21). The number of hydrogen-bond donors (Lipinski definition) is 1. The van der Waals surface area contributed by atoms with E-state index in [0.717, 1.165) is 14.7 Å². The Balaban J connectivity index is 1.80. The predicted octanol–water partition coefficient (Wildman–Crippen LogP) is 2.87. The van der Waals surface area contributed by atoms with Crippen LogP contribution in [0.25, 0.3) is 22.8 Å². The van der Waals surface area contributed by atoms with Gasteiger partial charge in [0.1, 0.15) is 5.75 Å². The number of hydrogen-bond acceptors (Lipinski definition) is 5. The lowest BCUT2D eigenvalue weighted by Gasteiger charge is -2.03. The molecule has 0 aliphatic rings. The first-order valence-corrected chi connectivity index (χ1v) is 7.81. The fourth-order valence-corrected chi connectivity index (χ4v) is 2.56. The van der Waals surface area contributed by atoms with Crippen LogP contribution in [0.4, 0.5) is 0 Å². The van der Waals surface area contributed by atoms with E-state index < -0.39 is 5.91 Å². The molecule has 3 aromatic rings. The summed E-state index contributed by atoms with van der Waals surface area (Å²) in [6.45, 7) is -0.155. The second-order valence-corrected chi connectivity index (χ2v) is 5.84. The minimum atomic E-state index is -0.519. The van der Waals surface area contributed by atoms with Gasteiger partial charge >= 0.3 is 0 Å². The van der Waals surface area contributed by atoms with E-state index in [1.165, 1.54) is 0 Å². The average Bonchev–Trinajstić information content (AvgIpc) is 3.03. The molecule has 0 aliphatic carbocycles. The predicted molar refractivity (Wildman–Crippen MR) is 92.6 cm³/mol. The molecule has 0 bridgehead atoms. The lowest BCUT2D eigenvalue weighted by atomic mass is 10.2. The van der Waals surface area contributed by atoms with Crippen LogP contribution >= 0.6 is 22.6 Å². The van der Waals surface area contributed by atoms with Crippen molar-refractivity contribution in [2.45, 2.75) is 0 Å². The summed E-state index contributed by atoms with van der Waals surface area (Å²) < 4.78 is 11.6. The first-order valence-electron chi connectivity index (χ1n) is 6.73. The highest BCUT2D eigenvalue weighted by molar-refractivity contribution is 14.1. The number of nitrogens with zero attached hydrogens (tertiary/aromatic N) is 2. The maximum atomic E-state index is 10.7. The van der Waals surface area contributed by atoms with Crippen molar-refractivity contribution in [1.82, 2.24) is 10.1 Å². The van der Waals surface area contributed by atoms with Crippen LogP contribution in [0, 0.1) is 3.57 Å². The van der Waals surface area contributed by atoms with Gasteiger partial charge in [0, 0.05) is 9.13 Å². The lowest BCUT2D eigenvalue weighted by Crippen LogP contribution is -2.19. The zero-order valence-corrected chi connectivity index (χ0v) is 14.1. The molecular formula is C16H12IN3O3. The second kappa shape index (κ2) is 6.78. The Labute approximate surface area is 145 Å². The summed E-state index contributed by atoms with van der Waals surface area (Å²) in [6, 6.07) is 14.8. The van der Waals surface area contributed by atoms with E-state index in [4.69, 9.17) is 15.0 Å². The summed E-state index contributed by atoms with van der Waals surface area (Å²) >= 11 is 2.22. The Hall–Kier alpha value is -2.42. The number of primary amides is 1.